The second-order valence-corrected chi connectivity index (χ2v) is 6.06. The minimum absolute atomic E-state index is 0.178. The maximum atomic E-state index is 13.6. The molecule has 0 heterocycles. The molecule has 0 aliphatic heterocycles. The van der Waals surface area contributed by atoms with E-state index in [1.165, 1.54) is 31.7 Å². The van der Waals surface area contributed by atoms with E-state index >= 15 is 0 Å². The highest BCUT2D eigenvalue weighted by Gasteiger charge is 2.18. The zero-order chi connectivity index (χ0) is 12.3. The molecular weight excluding hydrogens is 281 g/mol. The van der Waals surface area contributed by atoms with Crippen LogP contribution in [-0.4, -0.2) is 6.54 Å². The highest BCUT2D eigenvalue weighted by Crippen LogP contribution is 2.29. The number of rotatable bonds is 3. The first kappa shape index (κ1) is 12.9. The molecule has 1 aliphatic rings. The average Bonchev–Trinajstić information content (AvgIpc) is 2.28. The average molecular weight is 300 g/mol. The first-order valence-corrected chi connectivity index (χ1v) is 7.13. The third-order valence-electron chi connectivity index (χ3n) is 3.56. The molecule has 1 saturated carbocycles. The molecule has 1 aromatic carbocycles. The van der Waals surface area contributed by atoms with Crippen LogP contribution in [0.15, 0.2) is 22.7 Å². The van der Waals surface area contributed by atoms with Gasteiger partial charge in [0, 0.05) is 11.0 Å². The van der Waals surface area contributed by atoms with Crippen molar-refractivity contribution in [3.05, 3.63) is 28.5 Å². The molecule has 17 heavy (non-hydrogen) atoms. The van der Waals surface area contributed by atoms with E-state index in [-0.39, 0.29) is 5.82 Å². The van der Waals surface area contributed by atoms with Crippen molar-refractivity contribution in [1.82, 2.24) is 0 Å². The summed E-state index contributed by atoms with van der Waals surface area (Å²) in [4.78, 5) is 0. The van der Waals surface area contributed by atoms with Crippen LogP contribution in [0, 0.1) is 17.7 Å². The third-order valence-corrected chi connectivity index (χ3v) is 4.05. The van der Waals surface area contributed by atoms with E-state index in [1.807, 2.05) is 6.07 Å². The van der Waals surface area contributed by atoms with Gasteiger partial charge >= 0.3 is 0 Å². The van der Waals surface area contributed by atoms with Crippen molar-refractivity contribution in [2.24, 2.45) is 11.8 Å². The van der Waals surface area contributed by atoms with Crippen molar-refractivity contribution in [2.45, 2.75) is 32.6 Å². The summed E-state index contributed by atoms with van der Waals surface area (Å²) in [6.07, 6.45) is 5.21. The van der Waals surface area contributed by atoms with E-state index in [0.29, 0.717) is 11.6 Å². The summed E-state index contributed by atoms with van der Waals surface area (Å²) in [6.45, 7) is 3.20. The largest absolute Gasteiger partial charge is 0.382 e. The minimum Gasteiger partial charge on any atom is -0.382 e. The van der Waals surface area contributed by atoms with Crippen LogP contribution in [0.2, 0.25) is 0 Å². The number of hydrogen-bond acceptors (Lipinski definition) is 1. The van der Waals surface area contributed by atoms with Gasteiger partial charge in [-0.2, -0.15) is 0 Å². The predicted octanol–water partition coefficient (Wildman–Crippen LogP) is 4.83. The molecule has 0 saturated heterocycles. The van der Waals surface area contributed by atoms with Crippen LogP contribution in [-0.2, 0) is 0 Å². The van der Waals surface area contributed by atoms with E-state index < -0.39 is 0 Å². The van der Waals surface area contributed by atoms with Crippen molar-refractivity contribution in [3.8, 4) is 0 Å². The lowest BCUT2D eigenvalue weighted by molar-refractivity contribution is 0.293. The Balaban J connectivity index is 1.88. The van der Waals surface area contributed by atoms with Gasteiger partial charge in [-0.15, -0.1) is 0 Å². The van der Waals surface area contributed by atoms with Gasteiger partial charge in [0.2, 0.25) is 0 Å². The highest BCUT2D eigenvalue weighted by atomic mass is 79.9. The first-order valence-electron chi connectivity index (χ1n) is 6.34. The number of anilines is 1. The van der Waals surface area contributed by atoms with E-state index in [2.05, 4.69) is 28.2 Å². The van der Waals surface area contributed by atoms with Gasteiger partial charge in [-0.05, 0) is 42.9 Å². The molecule has 0 aromatic heterocycles. The molecule has 0 spiro atoms. The van der Waals surface area contributed by atoms with Crippen LogP contribution in [0.25, 0.3) is 0 Å². The van der Waals surface area contributed by atoms with Gasteiger partial charge in [-0.1, -0.05) is 35.7 Å². The fourth-order valence-corrected chi connectivity index (χ4v) is 2.97. The molecule has 0 bridgehead atoms. The Morgan fingerprint density at radius 3 is 2.94 bits per heavy atom. The molecule has 1 N–H and O–H groups in total. The van der Waals surface area contributed by atoms with Gasteiger partial charge in [0.1, 0.15) is 5.82 Å². The normalized spacial score (nSPS) is 24.6. The van der Waals surface area contributed by atoms with Gasteiger partial charge in [0.05, 0.1) is 5.69 Å². The summed E-state index contributed by atoms with van der Waals surface area (Å²) in [7, 11) is 0. The van der Waals surface area contributed by atoms with Crippen LogP contribution in [0.3, 0.4) is 0 Å². The van der Waals surface area contributed by atoms with E-state index in [4.69, 9.17) is 0 Å². The Morgan fingerprint density at radius 2 is 2.24 bits per heavy atom. The second kappa shape index (κ2) is 5.85. The lowest BCUT2D eigenvalue weighted by Crippen LogP contribution is -2.21. The standard InChI is InChI=1S/C14H19BrFN/c1-10-3-2-4-11(7-10)9-17-14-6-5-12(15)8-13(14)16/h5-6,8,10-11,17H,2-4,7,9H2,1H3. The van der Waals surface area contributed by atoms with Crippen LogP contribution >= 0.6 is 15.9 Å². The zero-order valence-electron chi connectivity index (χ0n) is 10.2. The first-order chi connectivity index (χ1) is 8.15. The van der Waals surface area contributed by atoms with Crippen LogP contribution in [0.1, 0.15) is 32.6 Å². The molecule has 1 aromatic rings. The van der Waals surface area contributed by atoms with Gasteiger partial charge in [-0.25, -0.2) is 4.39 Å². The number of halogens is 2. The summed E-state index contributed by atoms with van der Waals surface area (Å²) < 4.78 is 14.4. The summed E-state index contributed by atoms with van der Waals surface area (Å²) in [5.41, 5.74) is 0.617. The monoisotopic (exact) mass is 299 g/mol. The number of nitrogens with one attached hydrogen (secondary N) is 1. The lowest BCUT2D eigenvalue weighted by atomic mass is 9.82. The van der Waals surface area contributed by atoms with Gasteiger partial charge in [0.25, 0.3) is 0 Å². The number of benzene rings is 1. The van der Waals surface area contributed by atoms with Crippen molar-refractivity contribution in [1.29, 1.82) is 0 Å². The highest BCUT2D eigenvalue weighted by molar-refractivity contribution is 9.10. The summed E-state index contributed by atoms with van der Waals surface area (Å²) >= 11 is 3.26. The van der Waals surface area contributed by atoms with Gasteiger partial charge in [0.15, 0.2) is 0 Å². The Labute approximate surface area is 111 Å². The summed E-state index contributed by atoms with van der Waals surface area (Å²) in [5.74, 6) is 1.34. The Hall–Kier alpha value is -0.570. The van der Waals surface area contributed by atoms with Crippen molar-refractivity contribution >= 4 is 21.6 Å². The van der Waals surface area contributed by atoms with Gasteiger partial charge in [-0.3, -0.25) is 0 Å². The van der Waals surface area contributed by atoms with Gasteiger partial charge < -0.3 is 5.32 Å². The van der Waals surface area contributed by atoms with Crippen LogP contribution in [0.4, 0.5) is 10.1 Å². The Bertz CT molecular complexity index is 380. The lowest BCUT2D eigenvalue weighted by Gasteiger charge is -2.27. The molecule has 3 heteroatoms. The van der Waals surface area contributed by atoms with Crippen LogP contribution < -0.4 is 5.32 Å². The van der Waals surface area contributed by atoms with Crippen LogP contribution in [0.5, 0.6) is 0 Å². The Morgan fingerprint density at radius 1 is 1.41 bits per heavy atom. The van der Waals surface area contributed by atoms with Crippen molar-refractivity contribution < 1.29 is 4.39 Å². The molecule has 1 nitrogen and oxygen atoms in total. The fourth-order valence-electron chi connectivity index (χ4n) is 2.63. The molecule has 0 amide bonds. The maximum Gasteiger partial charge on any atom is 0.147 e. The molecule has 2 atom stereocenters. The number of hydrogen-bond donors (Lipinski definition) is 1. The van der Waals surface area contributed by atoms with E-state index in [0.717, 1.165) is 16.9 Å². The SMILES string of the molecule is CC1CCCC(CNc2ccc(Br)cc2F)C1. The topological polar surface area (TPSA) is 12.0 Å². The van der Waals surface area contributed by atoms with E-state index in [1.54, 1.807) is 6.07 Å². The molecule has 1 aliphatic carbocycles. The smallest absolute Gasteiger partial charge is 0.147 e. The molecule has 2 unspecified atom stereocenters. The molecule has 94 valence electrons. The fraction of sp³-hybridized carbons (Fsp3) is 0.571. The van der Waals surface area contributed by atoms with Crippen molar-refractivity contribution in [2.75, 3.05) is 11.9 Å². The predicted molar refractivity (Wildman–Crippen MR) is 73.7 cm³/mol. The molecule has 2 rings (SSSR count). The third kappa shape index (κ3) is 3.70. The molecule has 0 radical (unpaired) electrons. The summed E-state index contributed by atoms with van der Waals surface area (Å²) in [6, 6.07) is 5.17. The minimum atomic E-state index is -0.178. The Kier molecular flexibility index (Phi) is 4.43. The summed E-state index contributed by atoms with van der Waals surface area (Å²) in [5, 5.41) is 3.23. The molecular formula is C14H19BrFN. The quantitative estimate of drug-likeness (QED) is 0.843. The van der Waals surface area contributed by atoms with E-state index in [9.17, 15) is 4.39 Å². The zero-order valence-corrected chi connectivity index (χ0v) is 11.8. The van der Waals surface area contributed by atoms with Crippen molar-refractivity contribution in [3.63, 3.8) is 0 Å². The second-order valence-electron chi connectivity index (χ2n) is 5.14. The maximum absolute atomic E-state index is 13.6. The molecule has 1 fully saturated rings.